The summed E-state index contributed by atoms with van der Waals surface area (Å²) in [6.07, 6.45) is 5.23. The van der Waals surface area contributed by atoms with Crippen LogP contribution in [0.25, 0.3) is 0 Å². The van der Waals surface area contributed by atoms with Crippen LogP contribution >= 0.6 is 24.0 Å². The highest BCUT2D eigenvalue weighted by Crippen LogP contribution is 2.28. The van der Waals surface area contributed by atoms with Gasteiger partial charge in [0, 0.05) is 32.6 Å². The molecule has 0 aromatic rings. The second-order valence-electron chi connectivity index (χ2n) is 6.41. The molecule has 0 aromatic carbocycles. The highest BCUT2D eigenvalue weighted by molar-refractivity contribution is 14.0. The monoisotopic (exact) mass is 452 g/mol. The van der Waals surface area contributed by atoms with Gasteiger partial charge < -0.3 is 15.5 Å². The van der Waals surface area contributed by atoms with Crippen LogP contribution in [0.3, 0.4) is 0 Å². The Hall–Kier alpha value is -0.530. The maximum Gasteiger partial charge on any atom is 0.221 e. The van der Waals surface area contributed by atoms with E-state index < -0.39 is 0 Å². The van der Waals surface area contributed by atoms with Gasteiger partial charge in [0.05, 0.1) is 6.54 Å². The van der Waals surface area contributed by atoms with Crippen molar-refractivity contribution in [2.24, 2.45) is 16.8 Å². The average Bonchev–Trinajstić information content (AvgIpc) is 3.03. The van der Waals surface area contributed by atoms with Crippen molar-refractivity contribution in [1.29, 1.82) is 0 Å². The normalized spacial score (nSPS) is 17.8. The number of carbonyl (C=O) groups is 1. The number of hydrogen-bond acceptors (Lipinski definition) is 2. The van der Waals surface area contributed by atoms with E-state index in [1.54, 1.807) is 0 Å². The Labute approximate surface area is 165 Å². The molecule has 1 aliphatic heterocycles. The van der Waals surface area contributed by atoms with Crippen LogP contribution in [0.2, 0.25) is 0 Å². The number of amides is 1. The molecular formula is C18H37IN4O. The van der Waals surface area contributed by atoms with Crippen molar-refractivity contribution in [1.82, 2.24) is 15.5 Å². The van der Waals surface area contributed by atoms with Gasteiger partial charge in [0.1, 0.15) is 0 Å². The van der Waals surface area contributed by atoms with Gasteiger partial charge in [-0.25, -0.2) is 0 Å². The van der Waals surface area contributed by atoms with Crippen LogP contribution in [-0.4, -0.2) is 49.5 Å². The van der Waals surface area contributed by atoms with Gasteiger partial charge in [0.25, 0.3) is 0 Å². The average molecular weight is 452 g/mol. The number of likely N-dealkylation sites (tertiary alicyclic amines) is 1. The third kappa shape index (κ3) is 8.03. The number of hydrogen-bond donors (Lipinski definition) is 2. The first-order chi connectivity index (χ1) is 11.2. The van der Waals surface area contributed by atoms with Crippen LogP contribution in [0.4, 0.5) is 0 Å². The Morgan fingerprint density at radius 2 is 1.92 bits per heavy atom. The van der Waals surface area contributed by atoms with Crippen molar-refractivity contribution in [2.45, 2.75) is 59.8 Å². The van der Waals surface area contributed by atoms with Crippen molar-refractivity contribution < 1.29 is 4.79 Å². The quantitative estimate of drug-likeness (QED) is 0.321. The molecule has 1 aliphatic rings. The van der Waals surface area contributed by atoms with E-state index in [0.717, 1.165) is 50.4 Å². The number of aliphatic imine (C=N–C) groups is 1. The molecule has 1 rings (SSSR count). The van der Waals surface area contributed by atoms with Gasteiger partial charge in [0.2, 0.25) is 5.91 Å². The van der Waals surface area contributed by atoms with E-state index in [2.05, 4.69) is 48.2 Å². The summed E-state index contributed by atoms with van der Waals surface area (Å²) in [6, 6.07) is 0. The standard InChI is InChI=1S/C18H36N4O.HI/c1-5-11-20-17(23)9-12-21-18(19-8-4)22-13-10-16(14-22)15(6-2)7-3;/h15-16H,5-14H2,1-4H3,(H,19,21)(H,20,23);1H. The van der Waals surface area contributed by atoms with Gasteiger partial charge in [-0.1, -0.05) is 33.6 Å². The maximum atomic E-state index is 11.7. The minimum absolute atomic E-state index is 0. The van der Waals surface area contributed by atoms with Crippen LogP contribution in [-0.2, 0) is 4.79 Å². The SMILES string of the molecule is CCCNC(=O)CCN=C(NCC)N1CCC(C(CC)CC)C1.I. The van der Waals surface area contributed by atoms with Crippen LogP contribution in [0.1, 0.15) is 59.8 Å². The topological polar surface area (TPSA) is 56.7 Å². The second kappa shape index (κ2) is 13.7. The Balaban J connectivity index is 0.00000529. The van der Waals surface area contributed by atoms with E-state index >= 15 is 0 Å². The van der Waals surface area contributed by atoms with Gasteiger partial charge >= 0.3 is 0 Å². The molecule has 1 unspecified atom stereocenters. The Morgan fingerprint density at radius 1 is 1.21 bits per heavy atom. The van der Waals surface area contributed by atoms with Gasteiger partial charge in [0.15, 0.2) is 5.96 Å². The molecule has 142 valence electrons. The molecule has 1 atom stereocenters. The van der Waals surface area contributed by atoms with E-state index in [0.29, 0.717) is 13.0 Å². The molecule has 5 nitrogen and oxygen atoms in total. The first-order valence-electron chi connectivity index (χ1n) is 9.46. The van der Waals surface area contributed by atoms with E-state index in [1.165, 1.54) is 19.3 Å². The molecule has 0 aromatic heterocycles. The lowest BCUT2D eigenvalue weighted by atomic mass is 9.87. The van der Waals surface area contributed by atoms with Gasteiger partial charge in [-0.3, -0.25) is 9.79 Å². The number of rotatable bonds is 9. The fourth-order valence-electron chi connectivity index (χ4n) is 3.36. The van der Waals surface area contributed by atoms with E-state index in [-0.39, 0.29) is 29.9 Å². The molecule has 1 amide bonds. The Kier molecular flexibility index (Phi) is 13.4. The molecule has 0 spiro atoms. The molecule has 2 N–H and O–H groups in total. The summed E-state index contributed by atoms with van der Waals surface area (Å²) in [5, 5.41) is 6.28. The maximum absolute atomic E-state index is 11.7. The van der Waals surface area contributed by atoms with E-state index in [4.69, 9.17) is 0 Å². The lowest BCUT2D eigenvalue weighted by Crippen LogP contribution is -2.40. The summed E-state index contributed by atoms with van der Waals surface area (Å²) in [4.78, 5) is 18.7. The van der Waals surface area contributed by atoms with Gasteiger partial charge in [-0.05, 0) is 31.6 Å². The predicted octanol–water partition coefficient (Wildman–Crippen LogP) is 3.24. The molecule has 6 heteroatoms. The fraction of sp³-hybridized carbons (Fsp3) is 0.889. The Bertz CT molecular complexity index is 372. The summed E-state index contributed by atoms with van der Waals surface area (Å²) in [7, 11) is 0. The number of nitrogens with zero attached hydrogens (tertiary/aromatic N) is 2. The zero-order chi connectivity index (χ0) is 17.1. The van der Waals surface area contributed by atoms with Crippen molar-refractivity contribution in [3.05, 3.63) is 0 Å². The van der Waals surface area contributed by atoms with Crippen LogP contribution in [0.15, 0.2) is 4.99 Å². The van der Waals surface area contributed by atoms with Crippen molar-refractivity contribution >= 4 is 35.8 Å². The number of guanidine groups is 1. The van der Waals surface area contributed by atoms with Crippen LogP contribution < -0.4 is 10.6 Å². The zero-order valence-corrected chi connectivity index (χ0v) is 18.3. The summed E-state index contributed by atoms with van der Waals surface area (Å²) in [5.41, 5.74) is 0. The molecule has 0 saturated carbocycles. The summed E-state index contributed by atoms with van der Waals surface area (Å²) in [5.74, 6) is 2.68. The first-order valence-corrected chi connectivity index (χ1v) is 9.46. The van der Waals surface area contributed by atoms with E-state index in [9.17, 15) is 4.79 Å². The molecule has 0 bridgehead atoms. The molecule has 1 saturated heterocycles. The zero-order valence-electron chi connectivity index (χ0n) is 15.9. The fourth-order valence-corrected chi connectivity index (χ4v) is 3.36. The summed E-state index contributed by atoms with van der Waals surface area (Å²) < 4.78 is 0. The molecule has 1 fully saturated rings. The van der Waals surface area contributed by atoms with Crippen molar-refractivity contribution in [3.63, 3.8) is 0 Å². The number of nitrogens with one attached hydrogen (secondary N) is 2. The largest absolute Gasteiger partial charge is 0.357 e. The molecule has 0 radical (unpaired) electrons. The molecular weight excluding hydrogens is 415 g/mol. The van der Waals surface area contributed by atoms with Crippen LogP contribution in [0, 0.1) is 11.8 Å². The highest BCUT2D eigenvalue weighted by atomic mass is 127. The Morgan fingerprint density at radius 3 is 2.50 bits per heavy atom. The lowest BCUT2D eigenvalue weighted by molar-refractivity contribution is -0.120. The van der Waals surface area contributed by atoms with Gasteiger partial charge in [-0.15, -0.1) is 24.0 Å². The number of carbonyl (C=O) groups excluding carboxylic acids is 1. The molecule has 0 aliphatic carbocycles. The third-order valence-corrected chi connectivity index (χ3v) is 4.75. The predicted molar refractivity (Wildman–Crippen MR) is 113 cm³/mol. The number of halogens is 1. The van der Waals surface area contributed by atoms with Crippen LogP contribution in [0.5, 0.6) is 0 Å². The highest BCUT2D eigenvalue weighted by Gasteiger charge is 2.29. The smallest absolute Gasteiger partial charge is 0.221 e. The summed E-state index contributed by atoms with van der Waals surface area (Å²) in [6.45, 7) is 13.1. The van der Waals surface area contributed by atoms with Crippen molar-refractivity contribution in [2.75, 3.05) is 32.7 Å². The minimum atomic E-state index is 0. The lowest BCUT2D eigenvalue weighted by Gasteiger charge is -2.24. The van der Waals surface area contributed by atoms with Gasteiger partial charge in [-0.2, -0.15) is 0 Å². The van der Waals surface area contributed by atoms with E-state index in [1.807, 2.05) is 0 Å². The minimum Gasteiger partial charge on any atom is -0.357 e. The molecule has 1 heterocycles. The second-order valence-corrected chi connectivity index (χ2v) is 6.41. The third-order valence-electron chi connectivity index (χ3n) is 4.75. The molecule has 24 heavy (non-hydrogen) atoms. The first kappa shape index (κ1) is 23.5. The summed E-state index contributed by atoms with van der Waals surface area (Å²) >= 11 is 0. The van der Waals surface area contributed by atoms with Crippen molar-refractivity contribution in [3.8, 4) is 0 Å².